The zero-order valence-corrected chi connectivity index (χ0v) is 9.35. The van der Waals surface area contributed by atoms with Gasteiger partial charge in [-0.25, -0.2) is 0 Å². The number of rotatable bonds is 4. The molecule has 0 N–H and O–H groups in total. The first-order chi connectivity index (χ1) is 7.90. The SMILES string of the molecule is N#CCCCc1nc(N2CCCCC2)no1. The average molecular weight is 220 g/mol. The van der Waals surface area contributed by atoms with Gasteiger partial charge in [-0.05, 0) is 30.8 Å². The monoisotopic (exact) mass is 220 g/mol. The molecule has 1 aliphatic heterocycles. The number of unbranched alkanes of at least 4 members (excludes halogenated alkanes) is 1. The van der Waals surface area contributed by atoms with E-state index in [0.717, 1.165) is 19.5 Å². The van der Waals surface area contributed by atoms with Crippen molar-refractivity contribution in [2.75, 3.05) is 18.0 Å². The second-order valence-electron chi connectivity index (χ2n) is 4.05. The van der Waals surface area contributed by atoms with Crippen LogP contribution in [0.2, 0.25) is 0 Å². The Morgan fingerprint density at radius 2 is 2.12 bits per heavy atom. The van der Waals surface area contributed by atoms with Gasteiger partial charge in [0, 0.05) is 25.9 Å². The van der Waals surface area contributed by atoms with Gasteiger partial charge in [0.15, 0.2) is 0 Å². The largest absolute Gasteiger partial charge is 0.338 e. The van der Waals surface area contributed by atoms with E-state index in [1.54, 1.807) is 0 Å². The summed E-state index contributed by atoms with van der Waals surface area (Å²) in [4.78, 5) is 6.51. The summed E-state index contributed by atoms with van der Waals surface area (Å²) in [6.07, 6.45) is 5.74. The molecule has 2 rings (SSSR count). The molecule has 5 heteroatoms. The minimum atomic E-state index is 0.543. The minimum Gasteiger partial charge on any atom is -0.338 e. The molecule has 1 aromatic rings. The van der Waals surface area contributed by atoms with Gasteiger partial charge in [-0.15, -0.1) is 0 Å². The van der Waals surface area contributed by atoms with E-state index in [2.05, 4.69) is 21.1 Å². The highest BCUT2D eigenvalue weighted by atomic mass is 16.5. The van der Waals surface area contributed by atoms with Crippen LogP contribution in [0.25, 0.3) is 0 Å². The maximum atomic E-state index is 8.43. The highest BCUT2D eigenvalue weighted by molar-refractivity contribution is 5.27. The van der Waals surface area contributed by atoms with Crippen LogP contribution in [-0.4, -0.2) is 23.2 Å². The second kappa shape index (κ2) is 5.50. The molecule has 1 aliphatic rings. The highest BCUT2D eigenvalue weighted by Gasteiger charge is 2.16. The van der Waals surface area contributed by atoms with Gasteiger partial charge in [0.2, 0.25) is 5.89 Å². The van der Waals surface area contributed by atoms with E-state index < -0.39 is 0 Å². The third kappa shape index (κ3) is 2.72. The van der Waals surface area contributed by atoms with Crippen LogP contribution in [0.15, 0.2) is 4.52 Å². The topological polar surface area (TPSA) is 66.0 Å². The first kappa shape index (κ1) is 10.9. The molecule has 0 amide bonds. The molecular formula is C11H16N4O. The molecule has 0 saturated carbocycles. The van der Waals surface area contributed by atoms with Gasteiger partial charge >= 0.3 is 0 Å². The molecule has 0 radical (unpaired) electrons. The number of nitriles is 1. The Hall–Kier alpha value is -1.57. The zero-order chi connectivity index (χ0) is 11.2. The average Bonchev–Trinajstić information content (AvgIpc) is 2.79. The molecule has 1 aromatic heterocycles. The van der Waals surface area contributed by atoms with Crippen molar-refractivity contribution in [2.24, 2.45) is 0 Å². The zero-order valence-electron chi connectivity index (χ0n) is 9.35. The Kier molecular flexibility index (Phi) is 3.76. The molecule has 0 unspecified atom stereocenters. The van der Waals surface area contributed by atoms with Gasteiger partial charge in [-0.3, -0.25) is 0 Å². The maximum Gasteiger partial charge on any atom is 0.266 e. The first-order valence-electron chi connectivity index (χ1n) is 5.84. The molecule has 0 aliphatic carbocycles. The standard InChI is InChI=1S/C11H16N4O/c12-7-3-2-6-10-13-11(14-16-10)15-8-4-1-5-9-15/h1-6,8-9H2. The van der Waals surface area contributed by atoms with E-state index in [0.29, 0.717) is 24.7 Å². The molecular weight excluding hydrogens is 204 g/mol. The molecule has 16 heavy (non-hydrogen) atoms. The molecule has 1 fully saturated rings. The van der Waals surface area contributed by atoms with Gasteiger partial charge < -0.3 is 9.42 Å². The Labute approximate surface area is 95.0 Å². The van der Waals surface area contributed by atoms with Crippen molar-refractivity contribution in [1.29, 1.82) is 5.26 Å². The summed E-state index contributed by atoms with van der Waals surface area (Å²) < 4.78 is 5.15. The lowest BCUT2D eigenvalue weighted by Crippen LogP contribution is -2.30. The minimum absolute atomic E-state index is 0.543. The molecule has 86 valence electrons. The summed E-state index contributed by atoms with van der Waals surface area (Å²) in [6.45, 7) is 2.05. The van der Waals surface area contributed by atoms with Crippen molar-refractivity contribution < 1.29 is 4.52 Å². The lowest BCUT2D eigenvalue weighted by Gasteiger charge is -2.24. The second-order valence-corrected chi connectivity index (χ2v) is 4.05. The van der Waals surface area contributed by atoms with Crippen LogP contribution < -0.4 is 4.90 Å². The van der Waals surface area contributed by atoms with Crippen molar-refractivity contribution >= 4 is 5.95 Å². The van der Waals surface area contributed by atoms with Crippen LogP contribution in [0.4, 0.5) is 5.95 Å². The van der Waals surface area contributed by atoms with Crippen molar-refractivity contribution in [3.05, 3.63) is 5.89 Å². The summed E-state index contributed by atoms with van der Waals surface area (Å²) in [5.41, 5.74) is 0. The van der Waals surface area contributed by atoms with Crippen LogP contribution in [0.1, 0.15) is 38.0 Å². The smallest absolute Gasteiger partial charge is 0.266 e. The fourth-order valence-corrected chi connectivity index (χ4v) is 1.89. The van der Waals surface area contributed by atoms with E-state index in [4.69, 9.17) is 9.78 Å². The number of hydrogen-bond acceptors (Lipinski definition) is 5. The van der Waals surface area contributed by atoms with Crippen LogP contribution in [-0.2, 0) is 6.42 Å². The predicted molar refractivity (Wildman–Crippen MR) is 58.9 cm³/mol. The van der Waals surface area contributed by atoms with Crippen molar-refractivity contribution in [2.45, 2.75) is 38.5 Å². The quantitative estimate of drug-likeness (QED) is 0.725. The third-order valence-electron chi connectivity index (χ3n) is 2.78. The maximum absolute atomic E-state index is 8.43. The number of nitrogens with zero attached hydrogens (tertiary/aromatic N) is 4. The Balaban J connectivity index is 1.88. The van der Waals surface area contributed by atoms with E-state index in [9.17, 15) is 0 Å². The molecule has 0 aromatic carbocycles. The van der Waals surface area contributed by atoms with Gasteiger partial charge in [-0.1, -0.05) is 0 Å². The molecule has 2 heterocycles. The molecule has 0 atom stereocenters. The van der Waals surface area contributed by atoms with E-state index in [-0.39, 0.29) is 0 Å². The Morgan fingerprint density at radius 1 is 1.31 bits per heavy atom. The first-order valence-corrected chi connectivity index (χ1v) is 5.84. The fourth-order valence-electron chi connectivity index (χ4n) is 1.89. The predicted octanol–water partition coefficient (Wildman–Crippen LogP) is 1.91. The molecule has 5 nitrogen and oxygen atoms in total. The van der Waals surface area contributed by atoms with E-state index in [1.807, 2.05) is 0 Å². The summed E-state index contributed by atoms with van der Waals surface area (Å²) in [5.74, 6) is 1.36. The summed E-state index contributed by atoms with van der Waals surface area (Å²) in [7, 11) is 0. The van der Waals surface area contributed by atoms with E-state index >= 15 is 0 Å². The van der Waals surface area contributed by atoms with Crippen LogP contribution in [0.3, 0.4) is 0 Å². The van der Waals surface area contributed by atoms with Gasteiger partial charge in [0.05, 0.1) is 6.07 Å². The molecule has 1 saturated heterocycles. The Morgan fingerprint density at radius 3 is 2.88 bits per heavy atom. The normalized spacial score (nSPS) is 16.1. The number of piperidine rings is 1. The summed E-state index contributed by atoms with van der Waals surface area (Å²) in [5, 5.41) is 12.4. The van der Waals surface area contributed by atoms with Crippen LogP contribution in [0.5, 0.6) is 0 Å². The van der Waals surface area contributed by atoms with Gasteiger partial charge in [-0.2, -0.15) is 10.2 Å². The number of anilines is 1. The van der Waals surface area contributed by atoms with Gasteiger partial charge in [0.25, 0.3) is 5.95 Å². The number of aromatic nitrogens is 2. The van der Waals surface area contributed by atoms with Gasteiger partial charge in [0.1, 0.15) is 0 Å². The number of aryl methyl sites for hydroxylation is 1. The summed E-state index contributed by atoms with van der Waals surface area (Å²) >= 11 is 0. The molecule has 0 bridgehead atoms. The lowest BCUT2D eigenvalue weighted by molar-refractivity contribution is 0.374. The highest BCUT2D eigenvalue weighted by Crippen LogP contribution is 2.16. The van der Waals surface area contributed by atoms with Crippen molar-refractivity contribution in [3.63, 3.8) is 0 Å². The summed E-state index contributed by atoms with van der Waals surface area (Å²) in [6, 6.07) is 2.11. The molecule has 0 spiro atoms. The van der Waals surface area contributed by atoms with E-state index in [1.165, 1.54) is 19.3 Å². The van der Waals surface area contributed by atoms with Crippen LogP contribution >= 0.6 is 0 Å². The third-order valence-corrected chi connectivity index (χ3v) is 2.78. The van der Waals surface area contributed by atoms with Crippen molar-refractivity contribution in [3.8, 4) is 6.07 Å². The lowest BCUT2D eigenvalue weighted by atomic mass is 10.1. The van der Waals surface area contributed by atoms with Crippen molar-refractivity contribution in [1.82, 2.24) is 10.1 Å². The van der Waals surface area contributed by atoms with Crippen LogP contribution in [0, 0.1) is 11.3 Å². The number of hydrogen-bond donors (Lipinski definition) is 0. The Bertz CT molecular complexity index is 362. The fraction of sp³-hybridized carbons (Fsp3) is 0.727.